The molecule has 0 aliphatic carbocycles. The van der Waals surface area contributed by atoms with Crippen LogP contribution in [0.5, 0.6) is 0 Å². The van der Waals surface area contributed by atoms with Crippen LogP contribution in [0.2, 0.25) is 0 Å². The van der Waals surface area contributed by atoms with Gasteiger partial charge in [-0.25, -0.2) is 4.39 Å². The predicted molar refractivity (Wildman–Crippen MR) is 74.5 cm³/mol. The zero-order chi connectivity index (χ0) is 15.7. The van der Waals surface area contributed by atoms with Crippen LogP contribution >= 0.6 is 0 Å². The smallest absolute Gasteiger partial charge is 0.244 e. The van der Waals surface area contributed by atoms with E-state index in [1.54, 1.807) is 13.8 Å². The van der Waals surface area contributed by atoms with Crippen LogP contribution in [0.3, 0.4) is 0 Å². The molecule has 0 spiro atoms. The van der Waals surface area contributed by atoms with E-state index < -0.39 is 23.6 Å². The summed E-state index contributed by atoms with van der Waals surface area (Å²) in [5.41, 5.74) is 5.89. The average molecular weight is 293 g/mol. The number of nitrogens with zero attached hydrogens (tertiary/aromatic N) is 1. The zero-order valence-corrected chi connectivity index (χ0v) is 11.7. The standard InChI is InChI=1S/C14H16FN3O3/c1-7-8(2)14(21)18(13(7)20)6-12(19)17-11-4-3-9(15)5-10(11)16/h3-5,7-8H,6,16H2,1-2H3,(H,17,19). The minimum Gasteiger partial charge on any atom is -0.397 e. The van der Waals surface area contributed by atoms with Crippen LogP contribution in [0.1, 0.15) is 13.8 Å². The molecular weight excluding hydrogens is 277 g/mol. The number of likely N-dealkylation sites (tertiary alicyclic amines) is 1. The first kappa shape index (κ1) is 15.0. The van der Waals surface area contributed by atoms with E-state index in [0.717, 1.165) is 17.0 Å². The fourth-order valence-corrected chi connectivity index (χ4v) is 2.16. The molecule has 2 rings (SSSR count). The maximum absolute atomic E-state index is 12.9. The van der Waals surface area contributed by atoms with Gasteiger partial charge < -0.3 is 11.1 Å². The van der Waals surface area contributed by atoms with E-state index in [0.29, 0.717) is 0 Å². The minimum absolute atomic E-state index is 0.0733. The summed E-state index contributed by atoms with van der Waals surface area (Å²) >= 11 is 0. The number of hydrogen-bond acceptors (Lipinski definition) is 4. The zero-order valence-electron chi connectivity index (χ0n) is 11.7. The topological polar surface area (TPSA) is 92.5 Å². The first-order valence-corrected chi connectivity index (χ1v) is 6.51. The van der Waals surface area contributed by atoms with Crippen molar-refractivity contribution >= 4 is 29.1 Å². The van der Waals surface area contributed by atoms with Crippen molar-refractivity contribution in [2.24, 2.45) is 11.8 Å². The largest absolute Gasteiger partial charge is 0.397 e. The molecule has 0 aromatic heterocycles. The highest BCUT2D eigenvalue weighted by Gasteiger charge is 2.42. The van der Waals surface area contributed by atoms with Crippen LogP contribution in [0, 0.1) is 17.7 Å². The van der Waals surface area contributed by atoms with Gasteiger partial charge in [0, 0.05) is 11.8 Å². The molecular formula is C14H16FN3O3. The molecule has 1 heterocycles. The van der Waals surface area contributed by atoms with Crippen molar-refractivity contribution in [1.29, 1.82) is 0 Å². The molecule has 1 aliphatic rings. The molecule has 1 fully saturated rings. The maximum Gasteiger partial charge on any atom is 0.244 e. The third-order valence-electron chi connectivity index (χ3n) is 3.65. The molecule has 6 nitrogen and oxygen atoms in total. The highest BCUT2D eigenvalue weighted by molar-refractivity contribution is 6.08. The van der Waals surface area contributed by atoms with Crippen molar-refractivity contribution in [3.63, 3.8) is 0 Å². The van der Waals surface area contributed by atoms with Crippen molar-refractivity contribution < 1.29 is 18.8 Å². The predicted octanol–water partition coefficient (Wildman–Crippen LogP) is 0.987. The SMILES string of the molecule is CC1C(=O)N(CC(=O)Nc2ccc(F)cc2N)C(=O)C1C. The number of nitrogen functional groups attached to an aromatic ring is 1. The van der Waals surface area contributed by atoms with Crippen molar-refractivity contribution in [3.8, 4) is 0 Å². The molecule has 0 radical (unpaired) electrons. The number of benzene rings is 1. The first-order chi connectivity index (χ1) is 9.81. The van der Waals surface area contributed by atoms with Gasteiger partial charge in [0.1, 0.15) is 12.4 Å². The average Bonchev–Trinajstić information content (AvgIpc) is 2.60. The van der Waals surface area contributed by atoms with E-state index in [2.05, 4.69) is 5.32 Å². The molecule has 1 aromatic carbocycles. The summed E-state index contributed by atoms with van der Waals surface area (Å²) in [5, 5.41) is 2.46. The molecule has 0 saturated carbocycles. The number of hydrogen-bond donors (Lipinski definition) is 2. The number of nitrogens with one attached hydrogen (secondary N) is 1. The van der Waals surface area contributed by atoms with Crippen molar-refractivity contribution in [3.05, 3.63) is 24.0 Å². The Bertz CT molecular complexity index is 597. The molecule has 1 aromatic rings. The molecule has 2 atom stereocenters. The summed E-state index contributed by atoms with van der Waals surface area (Å²) in [5.74, 6) is -2.67. The second kappa shape index (κ2) is 5.51. The van der Waals surface area contributed by atoms with Crippen molar-refractivity contribution in [2.45, 2.75) is 13.8 Å². The van der Waals surface area contributed by atoms with Crippen molar-refractivity contribution in [2.75, 3.05) is 17.6 Å². The third kappa shape index (κ3) is 2.86. The van der Waals surface area contributed by atoms with E-state index in [4.69, 9.17) is 5.73 Å². The van der Waals surface area contributed by atoms with E-state index in [1.807, 2.05) is 0 Å². The number of amides is 3. The Morgan fingerprint density at radius 3 is 2.38 bits per heavy atom. The summed E-state index contributed by atoms with van der Waals surface area (Å²) in [7, 11) is 0. The lowest BCUT2D eigenvalue weighted by Gasteiger charge is -2.15. The van der Waals surface area contributed by atoms with Crippen LogP contribution in [-0.4, -0.2) is 29.2 Å². The monoisotopic (exact) mass is 293 g/mol. The Kier molecular flexibility index (Phi) is 3.93. The van der Waals surface area contributed by atoms with Gasteiger partial charge in [0.15, 0.2) is 0 Å². The molecule has 2 unspecified atom stereocenters. The first-order valence-electron chi connectivity index (χ1n) is 6.51. The van der Waals surface area contributed by atoms with Gasteiger partial charge in [-0.3, -0.25) is 19.3 Å². The van der Waals surface area contributed by atoms with Gasteiger partial charge in [-0.15, -0.1) is 0 Å². The normalized spacial score (nSPS) is 21.8. The number of imide groups is 1. The molecule has 21 heavy (non-hydrogen) atoms. The Morgan fingerprint density at radius 1 is 1.29 bits per heavy atom. The summed E-state index contributed by atoms with van der Waals surface area (Å²) in [6.45, 7) is 2.94. The van der Waals surface area contributed by atoms with Crippen LogP contribution < -0.4 is 11.1 Å². The fourth-order valence-electron chi connectivity index (χ4n) is 2.16. The molecule has 0 bridgehead atoms. The molecule has 3 N–H and O–H groups in total. The molecule has 112 valence electrons. The highest BCUT2D eigenvalue weighted by Crippen LogP contribution is 2.25. The van der Waals surface area contributed by atoms with Crippen molar-refractivity contribution in [1.82, 2.24) is 4.90 Å². The lowest BCUT2D eigenvalue weighted by molar-refractivity contribution is -0.142. The quantitative estimate of drug-likeness (QED) is 0.642. The van der Waals surface area contributed by atoms with E-state index in [1.165, 1.54) is 6.07 Å². The van der Waals surface area contributed by atoms with E-state index in [9.17, 15) is 18.8 Å². The molecule has 3 amide bonds. The van der Waals surface area contributed by atoms with Gasteiger partial charge in [0.2, 0.25) is 17.7 Å². The lowest BCUT2D eigenvalue weighted by atomic mass is 10.00. The van der Waals surface area contributed by atoms with Crippen LogP contribution in [0.4, 0.5) is 15.8 Å². The van der Waals surface area contributed by atoms with Gasteiger partial charge in [-0.05, 0) is 18.2 Å². The number of carbonyl (C=O) groups is 3. The molecule has 1 aliphatic heterocycles. The van der Waals surface area contributed by atoms with Gasteiger partial charge in [0.05, 0.1) is 11.4 Å². The Balaban J connectivity index is 2.05. The summed E-state index contributed by atoms with van der Waals surface area (Å²) in [6, 6.07) is 3.55. The third-order valence-corrected chi connectivity index (χ3v) is 3.65. The Morgan fingerprint density at radius 2 is 1.86 bits per heavy atom. The Labute approximate surface area is 121 Å². The summed E-state index contributed by atoms with van der Waals surface area (Å²) in [4.78, 5) is 36.6. The lowest BCUT2D eigenvalue weighted by Crippen LogP contribution is -2.38. The summed E-state index contributed by atoms with van der Waals surface area (Å²) < 4.78 is 12.9. The second-order valence-corrected chi connectivity index (χ2v) is 5.12. The van der Waals surface area contributed by atoms with Crippen LogP contribution in [0.15, 0.2) is 18.2 Å². The maximum atomic E-state index is 12.9. The van der Waals surface area contributed by atoms with Gasteiger partial charge >= 0.3 is 0 Å². The van der Waals surface area contributed by atoms with E-state index in [-0.39, 0.29) is 29.7 Å². The van der Waals surface area contributed by atoms with E-state index >= 15 is 0 Å². The van der Waals surface area contributed by atoms with Gasteiger partial charge in [-0.1, -0.05) is 13.8 Å². The fraction of sp³-hybridized carbons (Fsp3) is 0.357. The number of nitrogens with two attached hydrogens (primary N) is 1. The van der Waals surface area contributed by atoms with Crippen LogP contribution in [0.25, 0.3) is 0 Å². The summed E-state index contributed by atoms with van der Waals surface area (Å²) in [6.07, 6.45) is 0. The number of carbonyl (C=O) groups excluding carboxylic acids is 3. The van der Waals surface area contributed by atoms with Gasteiger partial charge in [0.25, 0.3) is 0 Å². The Hall–Kier alpha value is -2.44. The molecule has 1 saturated heterocycles. The minimum atomic E-state index is -0.559. The van der Waals surface area contributed by atoms with Crippen LogP contribution in [-0.2, 0) is 14.4 Å². The molecule has 7 heteroatoms. The number of anilines is 2. The second-order valence-electron chi connectivity index (χ2n) is 5.12. The van der Waals surface area contributed by atoms with Gasteiger partial charge in [-0.2, -0.15) is 0 Å². The number of rotatable bonds is 3. The number of halogens is 1. The highest BCUT2D eigenvalue weighted by atomic mass is 19.1.